The van der Waals surface area contributed by atoms with Crippen LogP contribution >= 0.6 is 23.2 Å². The topological polar surface area (TPSA) is 59.0 Å². The van der Waals surface area contributed by atoms with Crippen molar-refractivity contribution in [1.29, 1.82) is 0 Å². The third-order valence-electron chi connectivity index (χ3n) is 9.25. The Morgan fingerprint density at radius 2 is 1.46 bits per heavy atom. The molecule has 0 N–H and O–H groups in total. The number of oxime groups is 1. The van der Waals surface area contributed by atoms with Crippen LogP contribution in [0.5, 0.6) is 0 Å². The number of hydrogen-bond acceptors (Lipinski definition) is 4. The van der Waals surface area contributed by atoms with E-state index in [-0.39, 0.29) is 16.5 Å². The van der Waals surface area contributed by atoms with Crippen LogP contribution in [0.1, 0.15) is 61.5 Å². The van der Waals surface area contributed by atoms with E-state index < -0.39 is 22.2 Å². The molecule has 3 aromatic carbocycles. The molecule has 2 saturated carbocycles. The Hall–Kier alpha value is -3.15. The summed E-state index contributed by atoms with van der Waals surface area (Å²) in [6, 6.07) is 24.8. The fourth-order valence-corrected chi connectivity index (χ4v) is 6.89. The molecule has 2 fully saturated rings. The van der Waals surface area contributed by atoms with E-state index in [1.54, 1.807) is 6.07 Å². The van der Waals surface area contributed by atoms with Gasteiger partial charge in [0.2, 0.25) is 5.91 Å². The lowest BCUT2D eigenvalue weighted by Crippen LogP contribution is -2.48. The monoisotopic (exact) mass is 562 g/mol. The number of rotatable bonds is 7. The molecule has 2 atom stereocenters. The summed E-state index contributed by atoms with van der Waals surface area (Å²) in [5.74, 6) is -0.537. The highest BCUT2D eigenvalue weighted by atomic mass is 35.5. The smallest absolute Gasteiger partial charge is 0.334 e. The first-order valence-electron chi connectivity index (χ1n) is 13.2. The summed E-state index contributed by atoms with van der Waals surface area (Å²) in [4.78, 5) is 34.8. The predicted octanol–water partition coefficient (Wildman–Crippen LogP) is 7.95. The minimum atomic E-state index is -0.658. The van der Waals surface area contributed by atoms with Crippen LogP contribution < -0.4 is 0 Å². The molecular weight excluding hydrogens is 531 g/mol. The van der Waals surface area contributed by atoms with Crippen LogP contribution in [0, 0.1) is 16.2 Å². The van der Waals surface area contributed by atoms with Crippen molar-refractivity contribution in [2.24, 2.45) is 21.4 Å². The third kappa shape index (κ3) is 4.76. The Morgan fingerprint density at radius 3 is 2.03 bits per heavy atom. The minimum Gasteiger partial charge on any atom is -0.334 e. The summed E-state index contributed by atoms with van der Waals surface area (Å²) in [5, 5.41) is 5.01. The molecule has 0 radical (unpaired) electrons. The van der Waals surface area contributed by atoms with Crippen molar-refractivity contribution in [3.8, 4) is 0 Å². The second kappa shape index (κ2) is 10.4. The molecular formula is C32H32Cl2N2O3. The van der Waals surface area contributed by atoms with E-state index >= 15 is 0 Å². The Balaban J connectivity index is 1.45. The highest BCUT2D eigenvalue weighted by Crippen LogP contribution is 2.71. The zero-order valence-electron chi connectivity index (χ0n) is 22.4. The fourth-order valence-electron chi connectivity index (χ4n) is 6.41. The van der Waals surface area contributed by atoms with E-state index in [1.807, 2.05) is 41.3 Å². The maximum absolute atomic E-state index is 14.6. The van der Waals surface area contributed by atoms with Crippen LogP contribution in [0.25, 0.3) is 0 Å². The highest BCUT2D eigenvalue weighted by molar-refractivity contribution is 6.36. The molecule has 2 bridgehead atoms. The highest BCUT2D eigenvalue weighted by Gasteiger charge is 2.72. The molecule has 2 aliphatic rings. The molecule has 1 amide bonds. The van der Waals surface area contributed by atoms with Gasteiger partial charge in [0.25, 0.3) is 0 Å². The first kappa shape index (κ1) is 27.4. The largest absolute Gasteiger partial charge is 0.367 e. The first-order valence-corrected chi connectivity index (χ1v) is 13.9. The molecule has 2 aliphatic carbocycles. The molecule has 2 unspecified atom stereocenters. The second-order valence-electron chi connectivity index (χ2n) is 11.4. The molecule has 0 saturated heterocycles. The molecule has 3 aromatic rings. The van der Waals surface area contributed by atoms with Gasteiger partial charge >= 0.3 is 5.97 Å². The minimum absolute atomic E-state index is 0.112. The van der Waals surface area contributed by atoms with Gasteiger partial charge in [-0.25, -0.2) is 4.79 Å². The van der Waals surface area contributed by atoms with Crippen molar-refractivity contribution >= 4 is 40.8 Å². The third-order valence-corrected chi connectivity index (χ3v) is 9.80. The van der Waals surface area contributed by atoms with Crippen LogP contribution in [0.2, 0.25) is 10.0 Å². The number of carbonyl (C=O) groups excluding carboxylic acids is 2. The number of hydrogen-bond donors (Lipinski definition) is 0. The molecule has 39 heavy (non-hydrogen) atoms. The Labute approximate surface area is 239 Å². The maximum atomic E-state index is 14.6. The number of carbonyl (C=O) groups is 2. The lowest BCUT2D eigenvalue weighted by Gasteiger charge is -2.42. The fraction of sp³-hybridized carbons (Fsp3) is 0.344. The average Bonchev–Trinajstić information content (AvgIpc) is 3.23. The second-order valence-corrected chi connectivity index (χ2v) is 12.2. The summed E-state index contributed by atoms with van der Waals surface area (Å²) in [6.45, 7) is 7.47. The molecule has 7 heteroatoms. The van der Waals surface area contributed by atoms with Gasteiger partial charge in [0.1, 0.15) is 0 Å². The van der Waals surface area contributed by atoms with Crippen molar-refractivity contribution in [2.75, 3.05) is 0 Å². The summed E-state index contributed by atoms with van der Waals surface area (Å²) >= 11 is 12.2. The van der Waals surface area contributed by atoms with Crippen LogP contribution in [0.4, 0.5) is 0 Å². The summed E-state index contributed by atoms with van der Waals surface area (Å²) in [7, 11) is 0. The molecule has 0 aromatic heterocycles. The number of fused-ring (bicyclic) bond motifs is 2. The van der Waals surface area contributed by atoms with E-state index in [9.17, 15) is 9.59 Å². The van der Waals surface area contributed by atoms with Gasteiger partial charge in [0, 0.05) is 29.9 Å². The zero-order chi connectivity index (χ0) is 27.8. The summed E-state index contributed by atoms with van der Waals surface area (Å²) < 4.78 is 0. The number of amides is 1. The van der Waals surface area contributed by atoms with Crippen molar-refractivity contribution in [3.63, 3.8) is 0 Å². The van der Waals surface area contributed by atoms with Crippen LogP contribution in [-0.4, -0.2) is 22.5 Å². The van der Waals surface area contributed by atoms with Gasteiger partial charge in [0.05, 0.1) is 21.7 Å². The Morgan fingerprint density at radius 1 is 0.872 bits per heavy atom. The van der Waals surface area contributed by atoms with Crippen molar-refractivity contribution in [3.05, 3.63) is 106 Å². The lowest BCUT2D eigenvalue weighted by atomic mass is 9.64. The molecule has 0 heterocycles. The molecule has 5 rings (SSSR count). The Bertz CT molecular complexity index is 1380. The summed E-state index contributed by atoms with van der Waals surface area (Å²) in [5.41, 5.74) is 1.65. The quantitative estimate of drug-likeness (QED) is 0.217. The van der Waals surface area contributed by atoms with E-state index in [4.69, 9.17) is 28.0 Å². The van der Waals surface area contributed by atoms with Gasteiger partial charge in [-0.05, 0) is 47.6 Å². The SMILES string of the molecule is CC12CCC(C(=O)N(Cc3ccccc3)Cc3ccccc3)(CC1=NOC(=O)c1ccc(Cl)cc1Cl)C2(C)C. The molecule has 202 valence electrons. The van der Waals surface area contributed by atoms with E-state index in [1.165, 1.54) is 12.1 Å². The van der Waals surface area contributed by atoms with Crippen molar-refractivity contribution in [1.82, 2.24) is 4.90 Å². The van der Waals surface area contributed by atoms with Crippen LogP contribution in [0.3, 0.4) is 0 Å². The van der Waals surface area contributed by atoms with Gasteiger partial charge in [-0.1, -0.05) is 110 Å². The lowest BCUT2D eigenvalue weighted by molar-refractivity contribution is -0.148. The predicted molar refractivity (Wildman–Crippen MR) is 155 cm³/mol. The van der Waals surface area contributed by atoms with Gasteiger partial charge in [0.15, 0.2) is 0 Å². The van der Waals surface area contributed by atoms with E-state index in [2.05, 4.69) is 50.2 Å². The average molecular weight is 564 g/mol. The van der Waals surface area contributed by atoms with Crippen LogP contribution in [-0.2, 0) is 22.7 Å². The number of nitrogens with zero attached hydrogens (tertiary/aromatic N) is 2. The van der Waals surface area contributed by atoms with Gasteiger partial charge in [-0.15, -0.1) is 0 Å². The van der Waals surface area contributed by atoms with E-state index in [0.717, 1.165) is 29.7 Å². The normalized spacial score (nSPS) is 24.1. The summed E-state index contributed by atoms with van der Waals surface area (Å²) in [6.07, 6.45) is 1.98. The molecule has 0 spiro atoms. The molecule has 5 nitrogen and oxygen atoms in total. The Kier molecular flexibility index (Phi) is 7.34. The van der Waals surface area contributed by atoms with E-state index in [0.29, 0.717) is 24.5 Å². The van der Waals surface area contributed by atoms with Crippen molar-refractivity contribution < 1.29 is 14.4 Å². The number of halogens is 2. The standard InChI is InChI=1S/C32H32Cl2N2O3/c1-30(2)31(3)16-17-32(30,19-27(31)35-39-28(37)25-15-14-24(33)18-26(25)34)29(38)36(20-22-10-6-4-7-11-22)21-23-12-8-5-9-13-23/h4-15,18H,16-17,19-21H2,1-3H3. The van der Waals surface area contributed by atoms with Crippen molar-refractivity contribution in [2.45, 2.75) is 53.1 Å². The first-order chi connectivity index (χ1) is 18.6. The van der Waals surface area contributed by atoms with Gasteiger partial charge in [-0.3, -0.25) is 4.79 Å². The van der Waals surface area contributed by atoms with Crippen LogP contribution in [0.15, 0.2) is 84.0 Å². The number of benzene rings is 3. The van der Waals surface area contributed by atoms with Gasteiger partial charge in [-0.2, -0.15) is 0 Å². The maximum Gasteiger partial charge on any atom is 0.367 e. The molecule has 0 aliphatic heterocycles. The van der Waals surface area contributed by atoms with Gasteiger partial charge < -0.3 is 9.74 Å². The zero-order valence-corrected chi connectivity index (χ0v) is 23.9.